The maximum Gasteiger partial charge on any atom is -0.0152 e. The molecule has 4 aromatic rings. The van der Waals surface area contributed by atoms with Gasteiger partial charge < -0.3 is 0 Å². The van der Waals surface area contributed by atoms with E-state index in [-0.39, 0.29) is 0 Å². The molecular formula is C34H38. The molecule has 0 aliphatic carbocycles. The Labute approximate surface area is 206 Å². The van der Waals surface area contributed by atoms with Gasteiger partial charge in [0.2, 0.25) is 0 Å². The smallest absolute Gasteiger partial charge is 0.0152 e. The minimum Gasteiger partial charge on any atom is -0.0654 e. The number of benzene rings is 4. The highest BCUT2D eigenvalue weighted by Crippen LogP contribution is 2.33. The number of aryl methyl sites for hydroxylation is 4. The topological polar surface area (TPSA) is 0 Å². The van der Waals surface area contributed by atoms with Crippen molar-refractivity contribution in [3.8, 4) is 33.4 Å². The van der Waals surface area contributed by atoms with Gasteiger partial charge in [-0.15, -0.1) is 0 Å². The minimum atomic E-state index is 1.17. The molecule has 0 radical (unpaired) electrons. The van der Waals surface area contributed by atoms with Gasteiger partial charge >= 0.3 is 0 Å². The zero-order chi connectivity index (χ0) is 23.9. The van der Waals surface area contributed by atoms with E-state index in [0.717, 1.165) is 0 Å². The SMILES string of the molecule is CCCCc1ccc(-c2ccc(-c3ccc(-c4ccc(CCCC)cc4)cc3C)c(C)c2)cc1. The van der Waals surface area contributed by atoms with Gasteiger partial charge in [-0.3, -0.25) is 0 Å². The molecule has 0 aromatic heterocycles. The Kier molecular flexibility index (Phi) is 8.01. The zero-order valence-corrected chi connectivity index (χ0v) is 21.3. The Hall–Kier alpha value is -3.12. The second-order valence-electron chi connectivity index (χ2n) is 9.66. The lowest BCUT2D eigenvalue weighted by Crippen LogP contribution is -1.91. The van der Waals surface area contributed by atoms with Gasteiger partial charge in [0.05, 0.1) is 0 Å². The molecule has 174 valence electrons. The fourth-order valence-corrected chi connectivity index (χ4v) is 4.78. The lowest BCUT2D eigenvalue weighted by atomic mass is 9.91. The van der Waals surface area contributed by atoms with Crippen LogP contribution in [0.1, 0.15) is 61.8 Å². The molecule has 0 amide bonds. The first-order valence-electron chi connectivity index (χ1n) is 13.0. The van der Waals surface area contributed by atoms with Crippen LogP contribution >= 0.6 is 0 Å². The van der Waals surface area contributed by atoms with Gasteiger partial charge in [-0.25, -0.2) is 0 Å². The summed E-state index contributed by atoms with van der Waals surface area (Å²) in [6, 6.07) is 32.0. The molecular weight excluding hydrogens is 408 g/mol. The minimum absolute atomic E-state index is 1.17. The monoisotopic (exact) mass is 446 g/mol. The summed E-state index contributed by atoms with van der Waals surface area (Å²) >= 11 is 0. The second kappa shape index (κ2) is 11.3. The molecule has 0 unspecified atom stereocenters. The van der Waals surface area contributed by atoms with E-state index in [9.17, 15) is 0 Å². The molecule has 4 aromatic carbocycles. The van der Waals surface area contributed by atoms with Gasteiger partial charge in [0.1, 0.15) is 0 Å². The quantitative estimate of drug-likeness (QED) is 0.240. The van der Waals surface area contributed by atoms with Crippen molar-refractivity contribution >= 4 is 0 Å². The van der Waals surface area contributed by atoms with E-state index in [0.29, 0.717) is 0 Å². The Bertz CT molecular complexity index is 1110. The van der Waals surface area contributed by atoms with Crippen molar-refractivity contribution in [2.45, 2.75) is 66.2 Å². The van der Waals surface area contributed by atoms with E-state index in [1.54, 1.807) is 0 Å². The third-order valence-corrected chi connectivity index (χ3v) is 6.96. The van der Waals surface area contributed by atoms with Crippen molar-refractivity contribution in [2.75, 3.05) is 0 Å². The van der Waals surface area contributed by atoms with E-state index >= 15 is 0 Å². The third-order valence-electron chi connectivity index (χ3n) is 6.96. The summed E-state index contributed by atoms with van der Waals surface area (Å²) in [6.45, 7) is 8.97. The maximum atomic E-state index is 2.33. The molecule has 0 atom stereocenters. The molecule has 0 spiro atoms. The van der Waals surface area contributed by atoms with Gasteiger partial charge in [0, 0.05) is 0 Å². The highest BCUT2D eigenvalue weighted by Gasteiger charge is 2.09. The lowest BCUT2D eigenvalue weighted by Gasteiger charge is -2.14. The molecule has 0 aliphatic heterocycles. The zero-order valence-electron chi connectivity index (χ0n) is 21.3. The summed E-state index contributed by atoms with van der Waals surface area (Å²) in [7, 11) is 0. The van der Waals surface area contributed by atoms with Gasteiger partial charge in [-0.1, -0.05) is 112 Å². The molecule has 0 saturated heterocycles. The molecule has 0 N–H and O–H groups in total. The van der Waals surface area contributed by atoms with Crippen LogP contribution < -0.4 is 0 Å². The van der Waals surface area contributed by atoms with Crippen LogP contribution in [0.5, 0.6) is 0 Å². The fraction of sp³-hybridized carbons (Fsp3) is 0.294. The Balaban J connectivity index is 1.54. The predicted octanol–water partition coefficient (Wildman–Crippen LogP) is 9.99. The van der Waals surface area contributed by atoms with Crippen LogP contribution in [0.4, 0.5) is 0 Å². The van der Waals surface area contributed by atoms with Crippen LogP contribution in [-0.4, -0.2) is 0 Å². The molecule has 4 rings (SSSR count). The molecule has 34 heavy (non-hydrogen) atoms. The first-order valence-corrected chi connectivity index (χ1v) is 13.0. The summed E-state index contributed by atoms with van der Waals surface area (Å²) < 4.78 is 0. The van der Waals surface area contributed by atoms with Crippen molar-refractivity contribution in [2.24, 2.45) is 0 Å². The Morgan fingerprint density at radius 1 is 0.441 bits per heavy atom. The second-order valence-corrected chi connectivity index (χ2v) is 9.66. The van der Waals surface area contributed by atoms with Gasteiger partial charge in [0.25, 0.3) is 0 Å². The highest BCUT2D eigenvalue weighted by atomic mass is 14.1. The van der Waals surface area contributed by atoms with Crippen LogP contribution in [0.3, 0.4) is 0 Å². The van der Waals surface area contributed by atoms with Gasteiger partial charge in [-0.2, -0.15) is 0 Å². The van der Waals surface area contributed by atoms with E-state index < -0.39 is 0 Å². The summed E-state index contributed by atoms with van der Waals surface area (Å²) in [5, 5.41) is 0. The van der Waals surface area contributed by atoms with E-state index in [1.165, 1.54) is 94.2 Å². The van der Waals surface area contributed by atoms with Crippen LogP contribution in [0, 0.1) is 13.8 Å². The van der Waals surface area contributed by atoms with Crippen LogP contribution in [0.15, 0.2) is 84.9 Å². The Morgan fingerprint density at radius 3 is 1.12 bits per heavy atom. The van der Waals surface area contributed by atoms with E-state index in [4.69, 9.17) is 0 Å². The first kappa shape index (κ1) is 24.0. The van der Waals surface area contributed by atoms with Crippen molar-refractivity contribution in [1.29, 1.82) is 0 Å². The number of hydrogen-bond donors (Lipinski definition) is 0. The third kappa shape index (κ3) is 5.68. The highest BCUT2D eigenvalue weighted by molar-refractivity contribution is 5.78. The molecule has 0 nitrogen and oxygen atoms in total. The lowest BCUT2D eigenvalue weighted by molar-refractivity contribution is 0.795. The van der Waals surface area contributed by atoms with Crippen molar-refractivity contribution < 1.29 is 0 Å². The average Bonchev–Trinajstić information content (AvgIpc) is 2.87. The summed E-state index contributed by atoms with van der Waals surface area (Å²) in [6.07, 6.45) is 7.35. The van der Waals surface area contributed by atoms with Crippen molar-refractivity contribution in [1.82, 2.24) is 0 Å². The van der Waals surface area contributed by atoms with E-state index in [1.807, 2.05) is 0 Å². The standard InChI is InChI=1S/C34H38/c1-5-7-9-27-11-15-29(16-12-27)31-19-21-33(25(3)23-31)34-22-20-32(24-26(34)4)30-17-13-28(14-18-30)10-8-6-2/h11-24H,5-10H2,1-4H3. The molecule has 0 heterocycles. The van der Waals surface area contributed by atoms with Crippen LogP contribution in [0.25, 0.3) is 33.4 Å². The van der Waals surface area contributed by atoms with Crippen LogP contribution in [-0.2, 0) is 12.8 Å². The average molecular weight is 447 g/mol. The molecule has 0 heteroatoms. The number of rotatable bonds is 9. The normalized spacial score (nSPS) is 11.1. The molecule has 0 bridgehead atoms. The molecule has 0 fully saturated rings. The van der Waals surface area contributed by atoms with Crippen molar-refractivity contribution in [3.05, 3.63) is 107 Å². The summed E-state index contributed by atoms with van der Waals surface area (Å²) in [5.74, 6) is 0. The van der Waals surface area contributed by atoms with Gasteiger partial charge in [0.15, 0.2) is 0 Å². The summed E-state index contributed by atoms with van der Waals surface area (Å²) in [4.78, 5) is 0. The first-order chi connectivity index (χ1) is 16.6. The van der Waals surface area contributed by atoms with E-state index in [2.05, 4.69) is 113 Å². The largest absolute Gasteiger partial charge is 0.0654 e. The fourth-order valence-electron chi connectivity index (χ4n) is 4.78. The molecule has 0 saturated carbocycles. The Morgan fingerprint density at radius 2 is 0.794 bits per heavy atom. The molecule has 0 aliphatic rings. The van der Waals surface area contributed by atoms with Crippen molar-refractivity contribution in [3.63, 3.8) is 0 Å². The predicted molar refractivity (Wildman–Crippen MR) is 149 cm³/mol. The van der Waals surface area contributed by atoms with Gasteiger partial charge in [-0.05, 0) is 95.2 Å². The van der Waals surface area contributed by atoms with Crippen LogP contribution in [0.2, 0.25) is 0 Å². The number of unbranched alkanes of at least 4 members (excludes halogenated alkanes) is 2. The maximum absolute atomic E-state index is 2.33. The summed E-state index contributed by atoms with van der Waals surface area (Å²) in [5.41, 5.74) is 13.3. The number of hydrogen-bond acceptors (Lipinski definition) is 0.